The normalized spacial score (nSPS) is 12.9. The smallest absolute Gasteiger partial charge is 0.151 e. The van der Waals surface area contributed by atoms with Gasteiger partial charge < -0.3 is 9.84 Å². The predicted octanol–water partition coefficient (Wildman–Crippen LogP) is 2.34. The van der Waals surface area contributed by atoms with E-state index < -0.39 is 0 Å². The Bertz CT molecular complexity index is 304. The lowest BCUT2D eigenvalue weighted by Gasteiger charge is -2.14. The maximum absolute atomic E-state index is 8.98. The number of hydrogen-bond acceptors (Lipinski definition) is 4. The number of aliphatic hydroxyl groups excluding tert-OH is 1. The molecule has 1 aromatic heterocycles. The van der Waals surface area contributed by atoms with Crippen molar-refractivity contribution >= 4 is 11.8 Å². The third kappa shape index (κ3) is 4.10. The lowest BCUT2D eigenvalue weighted by atomic mass is 10.4. The van der Waals surface area contributed by atoms with Crippen molar-refractivity contribution in [2.24, 2.45) is 0 Å². The van der Waals surface area contributed by atoms with Crippen molar-refractivity contribution in [1.29, 1.82) is 0 Å². The summed E-state index contributed by atoms with van der Waals surface area (Å²) >= 11 is 1.53. The molecule has 0 aliphatic carbocycles. The third-order valence-electron chi connectivity index (χ3n) is 1.67. The molecule has 0 spiro atoms. The minimum Gasteiger partial charge on any atom is -0.488 e. The zero-order valence-electron chi connectivity index (χ0n) is 9.30. The number of pyridine rings is 1. The zero-order valence-corrected chi connectivity index (χ0v) is 10.1. The average Bonchev–Trinajstić information content (AvgIpc) is 2.20. The monoisotopic (exact) mass is 227 g/mol. The van der Waals surface area contributed by atoms with Gasteiger partial charge in [0.25, 0.3) is 0 Å². The van der Waals surface area contributed by atoms with Gasteiger partial charge in [-0.15, -0.1) is 0 Å². The summed E-state index contributed by atoms with van der Waals surface area (Å²) in [6.45, 7) is 6.06. The molecule has 1 aromatic rings. The fraction of sp³-hybridized carbons (Fsp3) is 0.545. The van der Waals surface area contributed by atoms with E-state index in [0.29, 0.717) is 0 Å². The van der Waals surface area contributed by atoms with Crippen molar-refractivity contribution in [2.75, 3.05) is 6.61 Å². The zero-order chi connectivity index (χ0) is 11.3. The molecule has 0 saturated carbocycles. The SMILES string of the molecule is CC(C)Oc1cccnc1SC(C)CO. The van der Waals surface area contributed by atoms with Crippen LogP contribution in [0.3, 0.4) is 0 Å². The van der Waals surface area contributed by atoms with E-state index in [-0.39, 0.29) is 18.0 Å². The van der Waals surface area contributed by atoms with Gasteiger partial charge in [-0.05, 0) is 26.0 Å². The molecule has 84 valence electrons. The molecule has 0 amide bonds. The van der Waals surface area contributed by atoms with Gasteiger partial charge in [0.1, 0.15) is 5.03 Å². The van der Waals surface area contributed by atoms with Crippen molar-refractivity contribution in [3.05, 3.63) is 18.3 Å². The number of aromatic nitrogens is 1. The van der Waals surface area contributed by atoms with E-state index in [1.54, 1.807) is 6.20 Å². The third-order valence-corrected chi connectivity index (χ3v) is 2.75. The number of aliphatic hydroxyl groups is 1. The molecule has 1 unspecified atom stereocenters. The summed E-state index contributed by atoms with van der Waals surface area (Å²) in [5, 5.41) is 9.95. The Labute approximate surface area is 94.9 Å². The molecule has 0 saturated heterocycles. The number of hydrogen-bond donors (Lipinski definition) is 1. The minimum atomic E-state index is 0.134. The molecule has 0 radical (unpaired) electrons. The minimum absolute atomic E-state index is 0.134. The lowest BCUT2D eigenvalue weighted by Crippen LogP contribution is -2.08. The van der Waals surface area contributed by atoms with E-state index in [0.717, 1.165) is 10.8 Å². The molecule has 1 atom stereocenters. The second kappa shape index (κ2) is 5.98. The van der Waals surface area contributed by atoms with Gasteiger partial charge in [0.15, 0.2) is 5.75 Å². The summed E-state index contributed by atoms with van der Waals surface area (Å²) < 4.78 is 5.63. The predicted molar refractivity (Wildman–Crippen MR) is 62.4 cm³/mol. The van der Waals surface area contributed by atoms with E-state index in [4.69, 9.17) is 9.84 Å². The molecule has 1 N–H and O–H groups in total. The first kappa shape index (κ1) is 12.3. The van der Waals surface area contributed by atoms with Crippen molar-refractivity contribution < 1.29 is 9.84 Å². The highest BCUT2D eigenvalue weighted by atomic mass is 32.2. The second-order valence-electron chi connectivity index (χ2n) is 3.58. The van der Waals surface area contributed by atoms with Crippen LogP contribution in [0.2, 0.25) is 0 Å². The van der Waals surface area contributed by atoms with Crippen LogP contribution in [0.5, 0.6) is 5.75 Å². The van der Waals surface area contributed by atoms with Gasteiger partial charge in [0, 0.05) is 11.4 Å². The standard InChI is InChI=1S/C11H17NO2S/c1-8(2)14-10-5-4-6-12-11(10)15-9(3)7-13/h4-6,8-9,13H,7H2,1-3H3. The highest BCUT2D eigenvalue weighted by Crippen LogP contribution is 2.30. The van der Waals surface area contributed by atoms with Crippen LogP contribution in [-0.4, -0.2) is 28.1 Å². The largest absolute Gasteiger partial charge is 0.488 e. The molecule has 3 nitrogen and oxygen atoms in total. The summed E-state index contributed by atoms with van der Waals surface area (Å²) in [6.07, 6.45) is 1.87. The van der Waals surface area contributed by atoms with Crippen LogP contribution in [0.4, 0.5) is 0 Å². The number of rotatable bonds is 5. The molecule has 0 aromatic carbocycles. The van der Waals surface area contributed by atoms with Gasteiger partial charge in [-0.1, -0.05) is 18.7 Å². The molecule has 0 aliphatic rings. The van der Waals surface area contributed by atoms with Crippen molar-refractivity contribution in [3.63, 3.8) is 0 Å². The Balaban J connectivity index is 2.76. The topological polar surface area (TPSA) is 42.4 Å². The Morgan fingerprint density at radius 1 is 1.47 bits per heavy atom. The first-order valence-electron chi connectivity index (χ1n) is 5.02. The summed E-state index contributed by atoms with van der Waals surface area (Å²) in [5.41, 5.74) is 0. The Hall–Kier alpha value is -0.740. The summed E-state index contributed by atoms with van der Waals surface area (Å²) in [6, 6.07) is 3.75. The van der Waals surface area contributed by atoms with Gasteiger partial charge in [-0.2, -0.15) is 0 Å². The highest BCUT2D eigenvalue weighted by Gasteiger charge is 2.10. The Morgan fingerprint density at radius 3 is 2.80 bits per heavy atom. The van der Waals surface area contributed by atoms with E-state index in [1.165, 1.54) is 11.8 Å². The van der Waals surface area contributed by atoms with Crippen molar-refractivity contribution in [2.45, 2.75) is 37.2 Å². The van der Waals surface area contributed by atoms with Crippen molar-refractivity contribution in [3.8, 4) is 5.75 Å². The summed E-state index contributed by atoms with van der Waals surface area (Å²) in [5.74, 6) is 0.790. The van der Waals surface area contributed by atoms with E-state index in [1.807, 2.05) is 32.9 Å². The second-order valence-corrected chi connectivity index (χ2v) is 5.01. The highest BCUT2D eigenvalue weighted by molar-refractivity contribution is 8.00. The van der Waals surface area contributed by atoms with Gasteiger partial charge >= 0.3 is 0 Å². The molecule has 1 rings (SSSR count). The quantitative estimate of drug-likeness (QED) is 0.784. The van der Waals surface area contributed by atoms with Crippen molar-refractivity contribution in [1.82, 2.24) is 4.98 Å². The van der Waals surface area contributed by atoms with E-state index in [2.05, 4.69) is 4.98 Å². The first-order valence-corrected chi connectivity index (χ1v) is 5.90. The Kier molecular flexibility index (Phi) is 4.91. The van der Waals surface area contributed by atoms with Crippen LogP contribution in [0.15, 0.2) is 23.4 Å². The van der Waals surface area contributed by atoms with Gasteiger partial charge in [0.05, 0.1) is 12.7 Å². The number of nitrogens with zero attached hydrogens (tertiary/aromatic N) is 1. The Morgan fingerprint density at radius 2 is 2.20 bits per heavy atom. The molecule has 0 bridgehead atoms. The summed E-state index contributed by atoms with van der Waals surface area (Å²) in [4.78, 5) is 4.25. The fourth-order valence-corrected chi connectivity index (χ4v) is 1.85. The average molecular weight is 227 g/mol. The molecular formula is C11H17NO2S. The van der Waals surface area contributed by atoms with Crippen LogP contribution >= 0.6 is 11.8 Å². The molecular weight excluding hydrogens is 210 g/mol. The molecule has 4 heteroatoms. The lowest BCUT2D eigenvalue weighted by molar-refractivity contribution is 0.234. The number of thioether (sulfide) groups is 1. The van der Waals surface area contributed by atoms with E-state index >= 15 is 0 Å². The number of ether oxygens (including phenoxy) is 1. The molecule has 0 aliphatic heterocycles. The van der Waals surface area contributed by atoms with Crippen LogP contribution in [0.1, 0.15) is 20.8 Å². The van der Waals surface area contributed by atoms with E-state index in [9.17, 15) is 0 Å². The molecule has 1 heterocycles. The van der Waals surface area contributed by atoms with Crippen LogP contribution < -0.4 is 4.74 Å². The van der Waals surface area contributed by atoms with Crippen LogP contribution in [0.25, 0.3) is 0 Å². The maximum Gasteiger partial charge on any atom is 0.151 e. The maximum atomic E-state index is 8.98. The first-order chi connectivity index (χ1) is 7.13. The van der Waals surface area contributed by atoms with Crippen LogP contribution in [-0.2, 0) is 0 Å². The van der Waals surface area contributed by atoms with Gasteiger partial charge in [-0.25, -0.2) is 4.98 Å². The molecule has 15 heavy (non-hydrogen) atoms. The van der Waals surface area contributed by atoms with Gasteiger partial charge in [0.2, 0.25) is 0 Å². The fourth-order valence-electron chi connectivity index (χ4n) is 1.04. The molecule has 0 fully saturated rings. The van der Waals surface area contributed by atoms with Gasteiger partial charge in [-0.3, -0.25) is 0 Å². The summed E-state index contributed by atoms with van der Waals surface area (Å²) in [7, 11) is 0. The van der Waals surface area contributed by atoms with Crippen LogP contribution in [0, 0.1) is 0 Å².